The number of fused-ring (bicyclic) bond motifs is 3. The molecule has 0 aromatic heterocycles. The predicted octanol–water partition coefficient (Wildman–Crippen LogP) is 3.22. The van der Waals surface area contributed by atoms with E-state index in [2.05, 4.69) is 36.4 Å². The maximum atomic E-state index is 2.44. The van der Waals surface area contributed by atoms with Gasteiger partial charge in [-0.25, -0.2) is 0 Å². The van der Waals surface area contributed by atoms with Crippen molar-refractivity contribution in [3.05, 3.63) is 47.5 Å². The molecule has 0 nitrogen and oxygen atoms in total. The van der Waals surface area contributed by atoms with E-state index in [1.807, 2.05) is 0 Å². The van der Waals surface area contributed by atoms with Crippen LogP contribution >= 0.6 is 0 Å². The summed E-state index contributed by atoms with van der Waals surface area (Å²) in [5, 5.41) is 0. The second-order valence-corrected chi connectivity index (χ2v) is 4.70. The number of hydrogen-bond acceptors (Lipinski definition) is 0. The highest BCUT2D eigenvalue weighted by atomic mass is 14.6. The fourth-order valence-corrected chi connectivity index (χ4v) is 3.47. The Balaban J connectivity index is 2.03. The van der Waals surface area contributed by atoms with Crippen LogP contribution in [0.1, 0.15) is 35.8 Å². The minimum atomic E-state index is 0.670. The summed E-state index contributed by atoms with van der Waals surface area (Å²) in [5.41, 5.74) is 3.91. The molecule has 1 fully saturated rings. The summed E-state index contributed by atoms with van der Waals surface area (Å²) in [5.74, 6) is 1.54. The average Bonchev–Trinajstić information content (AvgIpc) is 2.81. The van der Waals surface area contributed by atoms with E-state index in [4.69, 9.17) is 0 Å². The second-order valence-electron chi connectivity index (χ2n) is 4.70. The molecule has 3 aliphatic carbocycles. The quantitative estimate of drug-likeness (QED) is 0.522. The highest BCUT2D eigenvalue weighted by Gasteiger charge is 2.61. The molecule has 0 aliphatic heterocycles. The zero-order valence-electron chi connectivity index (χ0n) is 7.53. The van der Waals surface area contributed by atoms with Gasteiger partial charge in [0.05, 0.1) is 0 Å². The first-order valence-electron chi connectivity index (χ1n) is 5.19. The van der Waals surface area contributed by atoms with E-state index in [9.17, 15) is 0 Å². The van der Waals surface area contributed by atoms with Crippen LogP contribution < -0.4 is 0 Å². The van der Waals surface area contributed by atoms with Crippen molar-refractivity contribution in [3.8, 4) is 0 Å². The molecule has 2 bridgehead atoms. The smallest absolute Gasteiger partial charge is 0.00865 e. The van der Waals surface area contributed by atoms with Crippen LogP contribution in [0.15, 0.2) is 36.4 Å². The summed E-state index contributed by atoms with van der Waals surface area (Å²) in [7, 11) is 0. The first-order chi connectivity index (χ1) is 6.42. The Kier molecular flexibility index (Phi) is 0.862. The van der Waals surface area contributed by atoms with E-state index in [1.54, 1.807) is 11.1 Å². The van der Waals surface area contributed by atoms with Crippen LogP contribution in [0.4, 0.5) is 0 Å². The van der Waals surface area contributed by atoms with Gasteiger partial charge in [-0.2, -0.15) is 0 Å². The van der Waals surface area contributed by atoms with E-state index in [1.165, 1.54) is 12.8 Å². The van der Waals surface area contributed by atoms with Gasteiger partial charge in [0.25, 0.3) is 0 Å². The lowest BCUT2D eigenvalue weighted by Crippen LogP contribution is -2.03. The highest BCUT2D eigenvalue weighted by molar-refractivity contribution is 5.54. The minimum absolute atomic E-state index is 0.670. The fourth-order valence-electron chi connectivity index (χ4n) is 3.47. The van der Waals surface area contributed by atoms with Crippen molar-refractivity contribution in [1.29, 1.82) is 0 Å². The van der Waals surface area contributed by atoms with E-state index in [0.29, 0.717) is 5.41 Å². The van der Waals surface area contributed by atoms with Crippen LogP contribution in [0.5, 0.6) is 0 Å². The van der Waals surface area contributed by atoms with Gasteiger partial charge in [-0.3, -0.25) is 0 Å². The molecule has 1 saturated carbocycles. The van der Waals surface area contributed by atoms with Gasteiger partial charge in [-0.15, -0.1) is 0 Å². The highest BCUT2D eigenvalue weighted by Crippen LogP contribution is 2.73. The lowest BCUT2D eigenvalue weighted by atomic mass is 9.90. The summed E-state index contributed by atoms with van der Waals surface area (Å²) in [4.78, 5) is 0. The van der Waals surface area contributed by atoms with E-state index in [-0.39, 0.29) is 0 Å². The molecule has 64 valence electrons. The molecule has 0 amide bonds. The molecular weight excluding hydrogens is 156 g/mol. The van der Waals surface area contributed by atoms with Crippen LogP contribution in [0, 0.1) is 5.41 Å². The maximum absolute atomic E-state index is 2.44. The van der Waals surface area contributed by atoms with Crippen LogP contribution in [-0.4, -0.2) is 0 Å². The molecule has 1 aromatic rings. The van der Waals surface area contributed by atoms with Gasteiger partial charge in [-0.1, -0.05) is 36.4 Å². The van der Waals surface area contributed by atoms with Crippen molar-refractivity contribution < 1.29 is 0 Å². The lowest BCUT2D eigenvalue weighted by Gasteiger charge is -2.12. The number of hydrogen-bond donors (Lipinski definition) is 0. The molecule has 3 aliphatic rings. The Bertz CT molecular complexity index is 375. The van der Waals surface area contributed by atoms with Crippen molar-refractivity contribution >= 4 is 0 Å². The van der Waals surface area contributed by atoms with Gasteiger partial charge in [-0.05, 0) is 29.4 Å². The Morgan fingerprint density at radius 1 is 0.923 bits per heavy atom. The summed E-state index contributed by atoms with van der Waals surface area (Å²) in [6.07, 6.45) is 7.79. The van der Waals surface area contributed by atoms with E-state index in [0.717, 1.165) is 11.8 Å². The van der Waals surface area contributed by atoms with Gasteiger partial charge in [0, 0.05) is 11.8 Å². The zero-order chi connectivity index (χ0) is 8.47. The Labute approximate surface area is 78.3 Å². The van der Waals surface area contributed by atoms with Crippen molar-refractivity contribution in [2.75, 3.05) is 0 Å². The normalized spacial score (nSPS) is 35.4. The standard InChI is InChI=1S/C13H12/c1-2-4-10-9(3-1)11-5-6-12(10)13(11)7-8-13/h1-6,11-12H,7-8H2/t11-,12-/m0/s1. The minimum Gasteiger partial charge on any atom is -0.0798 e. The van der Waals surface area contributed by atoms with Crippen LogP contribution in [0.2, 0.25) is 0 Å². The first kappa shape index (κ1) is 6.42. The molecule has 2 atom stereocenters. The molecule has 0 saturated heterocycles. The predicted molar refractivity (Wildman–Crippen MR) is 52.7 cm³/mol. The van der Waals surface area contributed by atoms with Crippen LogP contribution in [0.3, 0.4) is 0 Å². The molecular formula is C13H12. The molecule has 0 radical (unpaired) electrons. The molecule has 0 N–H and O–H groups in total. The largest absolute Gasteiger partial charge is 0.0798 e. The van der Waals surface area contributed by atoms with Gasteiger partial charge in [0.2, 0.25) is 0 Å². The second kappa shape index (κ2) is 1.75. The summed E-state index contributed by atoms with van der Waals surface area (Å²) < 4.78 is 0. The van der Waals surface area contributed by atoms with E-state index < -0.39 is 0 Å². The Morgan fingerprint density at radius 2 is 1.46 bits per heavy atom. The number of rotatable bonds is 0. The zero-order valence-corrected chi connectivity index (χ0v) is 7.53. The third-order valence-electron chi connectivity index (χ3n) is 4.23. The van der Waals surface area contributed by atoms with Gasteiger partial charge >= 0.3 is 0 Å². The van der Waals surface area contributed by atoms with Crippen LogP contribution in [-0.2, 0) is 0 Å². The summed E-state index contributed by atoms with van der Waals surface area (Å²) in [6.45, 7) is 0. The lowest BCUT2D eigenvalue weighted by molar-refractivity contribution is 0.484. The molecule has 0 heteroatoms. The van der Waals surface area contributed by atoms with Crippen molar-refractivity contribution in [2.24, 2.45) is 5.41 Å². The summed E-state index contributed by atoms with van der Waals surface area (Å²) in [6, 6.07) is 9.01. The summed E-state index contributed by atoms with van der Waals surface area (Å²) >= 11 is 0. The average molecular weight is 168 g/mol. The molecule has 1 aromatic carbocycles. The molecule has 13 heavy (non-hydrogen) atoms. The van der Waals surface area contributed by atoms with Gasteiger partial charge in [0.1, 0.15) is 0 Å². The molecule has 4 rings (SSSR count). The van der Waals surface area contributed by atoms with Crippen molar-refractivity contribution in [3.63, 3.8) is 0 Å². The Morgan fingerprint density at radius 3 is 1.92 bits per heavy atom. The number of allylic oxidation sites excluding steroid dienone is 2. The third kappa shape index (κ3) is 0.551. The van der Waals surface area contributed by atoms with Gasteiger partial charge < -0.3 is 0 Å². The molecule has 0 heterocycles. The van der Waals surface area contributed by atoms with Crippen molar-refractivity contribution in [2.45, 2.75) is 24.7 Å². The third-order valence-corrected chi connectivity index (χ3v) is 4.23. The van der Waals surface area contributed by atoms with Crippen molar-refractivity contribution in [1.82, 2.24) is 0 Å². The molecule has 0 unspecified atom stereocenters. The molecule has 1 spiro atoms. The van der Waals surface area contributed by atoms with E-state index >= 15 is 0 Å². The van der Waals surface area contributed by atoms with Gasteiger partial charge in [0.15, 0.2) is 0 Å². The number of benzene rings is 1. The first-order valence-corrected chi connectivity index (χ1v) is 5.19. The SMILES string of the molecule is C1=C[C@H]2c3ccccc3[C@H]1C21CC1. The Hall–Kier alpha value is -1.04. The monoisotopic (exact) mass is 168 g/mol. The fraction of sp³-hybridized carbons (Fsp3) is 0.385. The topological polar surface area (TPSA) is 0 Å². The van der Waals surface area contributed by atoms with Crippen LogP contribution in [0.25, 0.3) is 0 Å². The maximum Gasteiger partial charge on any atom is 0.00865 e.